The summed E-state index contributed by atoms with van der Waals surface area (Å²) in [7, 11) is 0. The predicted octanol–water partition coefficient (Wildman–Crippen LogP) is 0.791. The van der Waals surface area contributed by atoms with Crippen molar-refractivity contribution in [1.29, 1.82) is 0 Å². The molecule has 2 heteroatoms. The summed E-state index contributed by atoms with van der Waals surface area (Å²) in [4.78, 5) is 0. The summed E-state index contributed by atoms with van der Waals surface area (Å²) in [6.07, 6.45) is 0.444. The number of ether oxygens (including phenoxy) is 1. The van der Waals surface area contributed by atoms with Crippen molar-refractivity contribution in [3.05, 3.63) is 0 Å². The maximum Gasteiger partial charge on any atom is 0.0888 e. The maximum absolute atomic E-state index is 9.07. The summed E-state index contributed by atoms with van der Waals surface area (Å²) in [5, 5.41) is 9.07. The van der Waals surface area contributed by atoms with Crippen molar-refractivity contribution in [1.82, 2.24) is 0 Å². The summed E-state index contributed by atoms with van der Waals surface area (Å²) in [6, 6.07) is 0. The molecule has 1 heterocycles. The van der Waals surface area contributed by atoms with E-state index in [-0.39, 0.29) is 6.10 Å². The molecule has 1 fully saturated rings. The van der Waals surface area contributed by atoms with Gasteiger partial charge in [-0.15, -0.1) is 0 Å². The zero-order chi connectivity index (χ0) is 7.02. The first-order valence-electron chi connectivity index (χ1n) is 3.46. The van der Waals surface area contributed by atoms with E-state index in [2.05, 4.69) is 0 Å². The van der Waals surface area contributed by atoms with Gasteiger partial charge in [0.25, 0.3) is 0 Å². The van der Waals surface area contributed by atoms with Gasteiger partial charge >= 0.3 is 0 Å². The minimum atomic E-state index is -0.236. The minimum Gasteiger partial charge on any atom is -0.393 e. The van der Waals surface area contributed by atoms with E-state index in [1.165, 1.54) is 0 Å². The molecule has 9 heavy (non-hydrogen) atoms. The third-order valence-electron chi connectivity index (χ3n) is 2.04. The average molecular weight is 130 g/mol. The molecule has 0 aromatic rings. The van der Waals surface area contributed by atoms with Gasteiger partial charge in [0.15, 0.2) is 0 Å². The number of rotatable bonds is 2. The Morgan fingerprint density at radius 3 is 2.00 bits per heavy atom. The number of hydrogen-bond donors (Lipinski definition) is 1. The summed E-state index contributed by atoms with van der Waals surface area (Å²) >= 11 is 0. The first-order valence-corrected chi connectivity index (χ1v) is 3.46. The van der Waals surface area contributed by atoms with Crippen molar-refractivity contribution in [2.24, 2.45) is 5.92 Å². The van der Waals surface area contributed by atoms with Crippen LogP contribution in [0, 0.1) is 5.92 Å². The van der Waals surface area contributed by atoms with Gasteiger partial charge in [-0.1, -0.05) is 6.92 Å². The Morgan fingerprint density at radius 2 is 1.89 bits per heavy atom. The van der Waals surface area contributed by atoms with Crippen LogP contribution in [0.2, 0.25) is 0 Å². The van der Waals surface area contributed by atoms with E-state index in [1.54, 1.807) is 6.92 Å². The third-order valence-corrected chi connectivity index (χ3v) is 2.04. The Labute approximate surface area is 55.8 Å². The van der Waals surface area contributed by atoms with Crippen LogP contribution in [0.5, 0.6) is 0 Å². The Kier molecular flexibility index (Phi) is 1.78. The van der Waals surface area contributed by atoms with E-state index >= 15 is 0 Å². The van der Waals surface area contributed by atoms with Gasteiger partial charge in [0.2, 0.25) is 0 Å². The van der Waals surface area contributed by atoms with Crippen molar-refractivity contribution >= 4 is 0 Å². The van der Waals surface area contributed by atoms with Crippen LogP contribution in [0.25, 0.3) is 0 Å². The standard InChI is InChI=1S/C7H14O2/c1-4(5(2)8)7-6(3)9-7/h4-8H,1-3H3/t4-,5+,6-,7+/m0/s1. The fraction of sp³-hybridized carbons (Fsp3) is 1.00. The first kappa shape index (κ1) is 7.03. The van der Waals surface area contributed by atoms with Crippen LogP contribution < -0.4 is 0 Å². The molecule has 0 bridgehead atoms. The van der Waals surface area contributed by atoms with E-state index in [0.29, 0.717) is 18.1 Å². The van der Waals surface area contributed by atoms with Crippen LogP contribution in [-0.4, -0.2) is 23.4 Å². The fourth-order valence-corrected chi connectivity index (χ4v) is 1.03. The molecule has 0 radical (unpaired) electrons. The SMILES string of the molecule is C[C@H]([C@H]1O[C@H]1C)[C@@H](C)O. The normalized spacial score (nSPS) is 40.0. The molecule has 2 nitrogen and oxygen atoms in total. The molecule has 1 saturated heterocycles. The topological polar surface area (TPSA) is 32.8 Å². The minimum absolute atomic E-state index is 0.236. The molecule has 1 N–H and O–H groups in total. The monoisotopic (exact) mass is 130 g/mol. The van der Waals surface area contributed by atoms with Crippen molar-refractivity contribution < 1.29 is 9.84 Å². The second-order valence-corrected chi connectivity index (χ2v) is 2.91. The number of aliphatic hydroxyl groups excluding tert-OH is 1. The van der Waals surface area contributed by atoms with Crippen LogP contribution in [0.15, 0.2) is 0 Å². The van der Waals surface area contributed by atoms with Gasteiger partial charge in [0.1, 0.15) is 0 Å². The molecule has 0 amide bonds. The lowest BCUT2D eigenvalue weighted by atomic mass is 10.0. The van der Waals surface area contributed by atoms with Crippen LogP contribution >= 0.6 is 0 Å². The third kappa shape index (κ3) is 1.43. The summed E-state index contributed by atoms with van der Waals surface area (Å²) in [5.74, 6) is 0.292. The highest BCUT2D eigenvalue weighted by Gasteiger charge is 2.40. The molecule has 0 aliphatic carbocycles. The summed E-state index contributed by atoms with van der Waals surface area (Å²) < 4.78 is 5.18. The highest BCUT2D eigenvalue weighted by molar-refractivity contribution is 4.87. The van der Waals surface area contributed by atoms with Crippen LogP contribution in [-0.2, 0) is 4.74 Å². The summed E-state index contributed by atoms with van der Waals surface area (Å²) in [5.41, 5.74) is 0. The molecule has 0 aromatic carbocycles. The fourth-order valence-electron chi connectivity index (χ4n) is 1.03. The van der Waals surface area contributed by atoms with Gasteiger partial charge in [0.05, 0.1) is 18.3 Å². The Bertz CT molecular complexity index is 101. The van der Waals surface area contributed by atoms with E-state index in [1.807, 2.05) is 13.8 Å². The van der Waals surface area contributed by atoms with E-state index in [9.17, 15) is 0 Å². The Morgan fingerprint density at radius 1 is 1.44 bits per heavy atom. The molecule has 0 spiro atoms. The molecule has 54 valence electrons. The van der Waals surface area contributed by atoms with Gasteiger partial charge in [0, 0.05) is 5.92 Å². The molecule has 0 aromatic heterocycles. The molecule has 1 aliphatic heterocycles. The van der Waals surface area contributed by atoms with Crippen molar-refractivity contribution in [3.8, 4) is 0 Å². The first-order chi connectivity index (χ1) is 4.13. The quantitative estimate of drug-likeness (QED) is 0.560. The Balaban J connectivity index is 2.27. The lowest BCUT2D eigenvalue weighted by Crippen LogP contribution is -2.19. The van der Waals surface area contributed by atoms with E-state index in [0.717, 1.165) is 0 Å². The Hall–Kier alpha value is -0.0800. The molecular weight excluding hydrogens is 116 g/mol. The maximum atomic E-state index is 9.07. The van der Waals surface area contributed by atoms with Crippen molar-refractivity contribution in [2.45, 2.75) is 39.1 Å². The highest BCUT2D eigenvalue weighted by atomic mass is 16.6. The zero-order valence-corrected chi connectivity index (χ0v) is 6.16. The van der Waals surface area contributed by atoms with Gasteiger partial charge in [-0.05, 0) is 13.8 Å². The second-order valence-electron chi connectivity index (χ2n) is 2.91. The predicted molar refractivity (Wildman–Crippen MR) is 35.2 cm³/mol. The molecule has 0 unspecified atom stereocenters. The highest BCUT2D eigenvalue weighted by Crippen LogP contribution is 2.30. The molecule has 1 rings (SSSR count). The largest absolute Gasteiger partial charge is 0.393 e. The number of epoxide rings is 1. The van der Waals surface area contributed by atoms with E-state index in [4.69, 9.17) is 9.84 Å². The van der Waals surface area contributed by atoms with E-state index < -0.39 is 0 Å². The number of hydrogen-bond acceptors (Lipinski definition) is 2. The molecule has 1 aliphatic rings. The zero-order valence-electron chi connectivity index (χ0n) is 6.16. The lowest BCUT2D eigenvalue weighted by Gasteiger charge is -2.10. The van der Waals surface area contributed by atoms with Gasteiger partial charge in [-0.25, -0.2) is 0 Å². The summed E-state index contributed by atoms with van der Waals surface area (Å²) in [6.45, 7) is 5.85. The molecule has 0 saturated carbocycles. The molecular formula is C7H14O2. The van der Waals surface area contributed by atoms with Gasteiger partial charge in [-0.3, -0.25) is 0 Å². The second kappa shape index (κ2) is 2.27. The van der Waals surface area contributed by atoms with Crippen LogP contribution in [0.1, 0.15) is 20.8 Å². The van der Waals surface area contributed by atoms with Crippen LogP contribution in [0.3, 0.4) is 0 Å². The van der Waals surface area contributed by atoms with Crippen molar-refractivity contribution in [2.75, 3.05) is 0 Å². The van der Waals surface area contributed by atoms with Crippen LogP contribution in [0.4, 0.5) is 0 Å². The molecule has 4 atom stereocenters. The van der Waals surface area contributed by atoms with Crippen molar-refractivity contribution in [3.63, 3.8) is 0 Å². The lowest BCUT2D eigenvalue weighted by molar-refractivity contribution is 0.115. The van der Waals surface area contributed by atoms with Gasteiger partial charge < -0.3 is 9.84 Å². The number of aliphatic hydroxyl groups is 1. The van der Waals surface area contributed by atoms with Gasteiger partial charge in [-0.2, -0.15) is 0 Å². The average Bonchev–Trinajstić information content (AvgIpc) is 2.44. The smallest absolute Gasteiger partial charge is 0.0888 e.